The number of carbonyl (C=O) groups is 2. The van der Waals surface area contributed by atoms with E-state index in [9.17, 15) is 14.0 Å². The number of fused-ring (bicyclic) bond motifs is 1. The molecule has 0 spiro atoms. The molecular weight excluding hydrogens is 427 g/mol. The van der Waals surface area contributed by atoms with Gasteiger partial charge in [-0.25, -0.2) is 9.07 Å². The molecule has 33 heavy (non-hydrogen) atoms. The fourth-order valence-electron chi connectivity index (χ4n) is 4.28. The van der Waals surface area contributed by atoms with Gasteiger partial charge in [-0.05, 0) is 50.2 Å². The van der Waals surface area contributed by atoms with Gasteiger partial charge >= 0.3 is 0 Å². The summed E-state index contributed by atoms with van der Waals surface area (Å²) in [4.78, 5) is 27.2. The molecule has 2 amide bonds. The van der Waals surface area contributed by atoms with Gasteiger partial charge in [-0.3, -0.25) is 9.59 Å². The molecule has 8 nitrogen and oxygen atoms in total. The maximum absolute atomic E-state index is 13.2. The van der Waals surface area contributed by atoms with Crippen molar-refractivity contribution in [2.75, 3.05) is 18.2 Å². The van der Waals surface area contributed by atoms with Crippen LogP contribution >= 0.6 is 0 Å². The van der Waals surface area contributed by atoms with Crippen molar-refractivity contribution in [3.05, 3.63) is 65.7 Å². The average molecular weight is 450 g/mol. The Morgan fingerprint density at radius 1 is 1.15 bits per heavy atom. The van der Waals surface area contributed by atoms with Crippen LogP contribution in [0.2, 0.25) is 0 Å². The van der Waals surface area contributed by atoms with Crippen LogP contribution in [0.25, 0.3) is 5.69 Å². The van der Waals surface area contributed by atoms with Crippen molar-refractivity contribution < 1.29 is 23.5 Å². The van der Waals surface area contributed by atoms with Gasteiger partial charge in [0.1, 0.15) is 5.82 Å². The van der Waals surface area contributed by atoms with Crippen molar-refractivity contribution in [3.63, 3.8) is 0 Å². The maximum Gasteiger partial charge on any atom is 0.231 e. The Bertz CT molecular complexity index is 1220. The first-order valence-electron chi connectivity index (χ1n) is 10.7. The van der Waals surface area contributed by atoms with Crippen LogP contribution in [0.4, 0.5) is 10.1 Å². The van der Waals surface area contributed by atoms with Crippen LogP contribution in [0.15, 0.2) is 48.7 Å². The second-order valence-corrected chi connectivity index (χ2v) is 8.25. The van der Waals surface area contributed by atoms with Gasteiger partial charge in [-0.15, -0.1) is 0 Å². The van der Waals surface area contributed by atoms with E-state index < -0.39 is 5.92 Å². The van der Waals surface area contributed by atoms with Gasteiger partial charge in [-0.1, -0.05) is 0 Å². The first-order valence-corrected chi connectivity index (χ1v) is 10.7. The van der Waals surface area contributed by atoms with Gasteiger partial charge in [0.2, 0.25) is 18.6 Å². The number of amides is 2. The van der Waals surface area contributed by atoms with Crippen molar-refractivity contribution in [1.82, 2.24) is 15.1 Å². The summed E-state index contributed by atoms with van der Waals surface area (Å²) in [6.45, 7) is 4.23. The molecule has 2 aliphatic heterocycles. The first-order chi connectivity index (χ1) is 15.9. The zero-order valence-corrected chi connectivity index (χ0v) is 18.2. The molecule has 3 aromatic rings. The van der Waals surface area contributed by atoms with Crippen molar-refractivity contribution >= 4 is 17.5 Å². The molecule has 170 valence electrons. The van der Waals surface area contributed by atoms with Crippen molar-refractivity contribution in [1.29, 1.82) is 0 Å². The molecule has 2 atom stereocenters. The molecule has 3 heterocycles. The van der Waals surface area contributed by atoms with Crippen molar-refractivity contribution in [3.8, 4) is 17.2 Å². The van der Waals surface area contributed by atoms with E-state index in [2.05, 4.69) is 10.4 Å². The number of rotatable bonds is 5. The number of hydrogen-bond donors (Lipinski definition) is 1. The van der Waals surface area contributed by atoms with Crippen LogP contribution < -0.4 is 19.7 Å². The van der Waals surface area contributed by atoms with Crippen LogP contribution in [0, 0.1) is 18.7 Å². The van der Waals surface area contributed by atoms with E-state index in [-0.39, 0.29) is 36.9 Å². The minimum atomic E-state index is -0.460. The van der Waals surface area contributed by atoms with E-state index in [0.717, 1.165) is 16.9 Å². The topological polar surface area (TPSA) is 85.7 Å². The number of nitrogens with zero attached hydrogens (tertiary/aromatic N) is 3. The molecule has 0 aliphatic carbocycles. The monoisotopic (exact) mass is 450 g/mol. The first kappa shape index (κ1) is 21.0. The highest BCUT2D eigenvalue weighted by Crippen LogP contribution is 2.37. The van der Waals surface area contributed by atoms with Crippen molar-refractivity contribution in [2.24, 2.45) is 5.92 Å². The highest BCUT2D eigenvalue weighted by atomic mass is 19.1. The molecule has 0 bridgehead atoms. The number of ether oxygens (including phenoxy) is 2. The number of benzene rings is 2. The Kier molecular flexibility index (Phi) is 5.24. The highest BCUT2D eigenvalue weighted by Gasteiger charge is 2.36. The third kappa shape index (κ3) is 3.90. The summed E-state index contributed by atoms with van der Waals surface area (Å²) in [5, 5.41) is 7.40. The Morgan fingerprint density at radius 2 is 1.88 bits per heavy atom. The van der Waals surface area contributed by atoms with E-state index >= 15 is 0 Å². The SMILES string of the molecule is Cc1c(C(C)NC(=O)C2CC(=O)N(c3ccc4c(c3)OCO4)C2)cnn1-c1ccc(F)cc1. The number of nitrogens with one attached hydrogen (secondary N) is 1. The number of halogens is 1. The summed E-state index contributed by atoms with van der Waals surface area (Å²) in [6.07, 6.45) is 1.84. The van der Waals surface area contributed by atoms with Crippen LogP contribution in [-0.2, 0) is 9.59 Å². The molecule has 2 aliphatic rings. The lowest BCUT2D eigenvalue weighted by Crippen LogP contribution is -2.34. The van der Waals surface area contributed by atoms with Gasteiger partial charge in [-0.2, -0.15) is 5.10 Å². The Hall–Kier alpha value is -3.88. The predicted molar refractivity (Wildman–Crippen MR) is 118 cm³/mol. The Morgan fingerprint density at radius 3 is 2.67 bits per heavy atom. The number of anilines is 1. The lowest BCUT2D eigenvalue weighted by molar-refractivity contribution is -0.126. The van der Waals surface area contributed by atoms with Gasteiger partial charge in [0.25, 0.3) is 0 Å². The molecule has 1 saturated heterocycles. The molecule has 2 unspecified atom stereocenters. The molecule has 1 aromatic heterocycles. The Labute approximate surface area is 189 Å². The average Bonchev–Trinajstić information content (AvgIpc) is 3.52. The van der Waals surface area contributed by atoms with Gasteiger partial charge in [0.05, 0.1) is 23.8 Å². The second-order valence-electron chi connectivity index (χ2n) is 8.25. The molecule has 0 radical (unpaired) electrons. The molecule has 9 heteroatoms. The fourth-order valence-corrected chi connectivity index (χ4v) is 4.28. The molecule has 2 aromatic carbocycles. The number of aromatic nitrogens is 2. The largest absolute Gasteiger partial charge is 0.454 e. The van der Waals surface area contributed by atoms with Gasteiger partial charge in [0, 0.05) is 36.0 Å². The standard InChI is InChI=1S/C24H23FN4O4/c1-14(20-11-26-29(15(20)2)18-5-3-17(25)4-6-18)27-24(31)16-9-23(30)28(12-16)19-7-8-21-22(10-19)33-13-32-21/h3-8,10-11,14,16H,9,12-13H2,1-2H3,(H,27,31). The second kappa shape index (κ2) is 8.23. The minimum Gasteiger partial charge on any atom is -0.454 e. The zero-order valence-electron chi connectivity index (χ0n) is 18.2. The molecule has 1 N–H and O–H groups in total. The summed E-state index contributed by atoms with van der Waals surface area (Å²) >= 11 is 0. The third-order valence-corrected chi connectivity index (χ3v) is 6.11. The van der Waals surface area contributed by atoms with E-state index in [0.29, 0.717) is 23.7 Å². The smallest absolute Gasteiger partial charge is 0.231 e. The lowest BCUT2D eigenvalue weighted by Gasteiger charge is -2.19. The van der Waals surface area contributed by atoms with Gasteiger partial charge in [0.15, 0.2) is 11.5 Å². The van der Waals surface area contributed by atoms with Crippen LogP contribution in [0.5, 0.6) is 11.5 Å². The quantitative estimate of drug-likeness (QED) is 0.645. The van der Waals surface area contributed by atoms with Crippen molar-refractivity contribution in [2.45, 2.75) is 26.3 Å². The summed E-state index contributed by atoms with van der Waals surface area (Å²) in [5.74, 6) is 0.165. The summed E-state index contributed by atoms with van der Waals surface area (Å²) < 4.78 is 25.7. The summed E-state index contributed by atoms with van der Waals surface area (Å²) in [6, 6.07) is 11.1. The summed E-state index contributed by atoms with van der Waals surface area (Å²) in [7, 11) is 0. The van der Waals surface area contributed by atoms with E-state index in [1.165, 1.54) is 12.1 Å². The lowest BCUT2D eigenvalue weighted by atomic mass is 10.1. The summed E-state index contributed by atoms with van der Waals surface area (Å²) in [5.41, 5.74) is 3.12. The van der Waals surface area contributed by atoms with E-state index in [1.807, 2.05) is 13.8 Å². The maximum atomic E-state index is 13.2. The highest BCUT2D eigenvalue weighted by molar-refractivity contribution is 6.00. The molecule has 0 saturated carbocycles. The fraction of sp³-hybridized carbons (Fsp3) is 0.292. The number of carbonyl (C=O) groups excluding carboxylic acids is 2. The Balaban J connectivity index is 1.26. The van der Waals surface area contributed by atoms with Gasteiger partial charge < -0.3 is 19.7 Å². The number of hydrogen-bond acceptors (Lipinski definition) is 5. The van der Waals surface area contributed by atoms with Crippen LogP contribution in [0.1, 0.15) is 30.6 Å². The molecule has 5 rings (SSSR count). The van der Waals surface area contributed by atoms with E-state index in [4.69, 9.17) is 9.47 Å². The predicted octanol–water partition coefficient (Wildman–Crippen LogP) is 3.28. The zero-order chi connectivity index (χ0) is 23.1. The minimum absolute atomic E-state index is 0.109. The van der Waals surface area contributed by atoms with Crippen LogP contribution in [-0.4, -0.2) is 34.9 Å². The van der Waals surface area contributed by atoms with Crippen LogP contribution in [0.3, 0.4) is 0 Å². The van der Waals surface area contributed by atoms with E-state index in [1.54, 1.807) is 46.1 Å². The molecular formula is C24H23FN4O4. The molecule has 1 fully saturated rings. The normalized spacial score (nSPS) is 18.0. The third-order valence-electron chi connectivity index (χ3n) is 6.11.